The first-order valence-electron chi connectivity index (χ1n) is 8.47. The molecule has 0 radical (unpaired) electrons. The molecule has 0 saturated carbocycles. The van der Waals surface area contributed by atoms with Gasteiger partial charge in [-0.3, -0.25) is 0 Å². The van der Waals surface area contributed by atoms with Crippen LogP contribution in [0.4, 0.5) is 0 Å². The highest BCUT2D eigenvalue weighted by Crippen LogP contribution is 2.63. The molecule has 2 unspecified atom stereocenters. The van der Waals surface area contributed by atoms with E-state index in [1.54, 1.807) is 0 Å². The average Bonchev–Trinajstić information content (AvgIpc) is 3.38. The lowest BCUT2D eigenvalue weighted by molar-refractivity contribution is 0.200. The maximum Gasteiger partial charge on any atom is 0.153 e. The van der Waals surface area contributed by atoms with Crippen molar-refractivity contribution in [2.24, 2.45) is 0 Å². The molecule has 5 rings (SSSR count). The predicted octanol–water partition coefficient (Wildman–Crippen LogP) is 3.44. The molecule has 3 aromatic rings. The summed E-state index contributed by atoms with van der Waals surface area (Å²) in [7, 11) is 0. The van der Waals surface area contributed by atoms with Crippen molar-refractivity contribution in [2.75, 3.05) is 13.2 Å². The minimum Gasteiger partial charge on any atom is -0.393 e. The van der Waals surface area contributed by atoms with Gasteiger partial charge in [-0.25, -0.2) is 0 Å². The number of fused-ring (bicyclic) bond motifs is 4. The third kappa shape index (κ3) is 1.75. The summed E-state index contributed by atoms with van der Waals surface area (Å²) < 4.78 is 6.15. The SMILES string of the molecule is OCC1=CC=CC2(CO)OC12c1cccc2c1ccc1ccccc12. The molecule has 1 aliphatic carbocycles. The molecule has 0 aromatic heterocycles. The maximum absolute atomic E-state index is 9.99. The Hall–Kier alpha value is -2.46. The molecule has 0 bridgehead atoms. The lowest BCUT2D eigenvalue weighted by Crippen LogP contribution is -2.31. The number of rotatable bonds is 3. The zero-order chi connectivity index (χ0) is 17.1. The third-order valence-electron chi connectivity index (χ3n) is 5.58. The lowest BCUT2D eigenvalue weighted by atomic mass is 9.76. The van der Waals surface area contributed by atoms with Crippen LogP contribution >= 0.6 is 0 Å². The molecule has 3 nitrogen and oxygen atoms in total. The predicted molar refractivity (Wildman–Crippen MR) is 98.3 cm³/mol. The topological polar surface area (TPSA) is 53.0 Å². The van der Waals surface area contributed by atoms with Crippen LogP contribution < -0.4 is 0 Å². The first-order chi connectivity index (χ1) is 12.3. The Morgan fingerprint density at radius 2 is 1.68 bits per heavy atom. The van der Waals surface area contributed by atoms with Crippen molar-refractivity contribution < 1.29 is 14.9 Å². The standard InChI is InChI=1S/C22H18O3/c23-13-16-6-4-12-21(14-24)22(16,25-21)20-9-3-8-18-17-7-2-1-5-15(17)10-11-19(18)20/h1-12,23-24H,13-14H2. The lowest BCUT2D eigenvalue weighted by Gasteiger charge is -2.23. The minimum atomic E-state index is -0.785. The molecule has 1 fully saturated rings. The second-order valence-electron chi connectivity index (χ2n) is 6.73. The van der Waals surface area contributed by atoms with Crippen LogP contribution in [0.15, 0.2) is 78.4 Å². The highest BCUT2D eigenvalue weighted by Gasteiger charge is 2.72. The Balaban J connectivity index is 1.83. The van der Waals surface area contributed by atoms with Crippen molar-refractivity contribution in [3.05, 3.63) is 84.0 Å². The number of ether oxygens (including phenoxy) is 1. The number of aliphatic hydroxyl groups excluding tert-OH is 2. The summed E-state index contributed by atoms with van der Waals surface area (Å²) in [6, 6.07) is 18.7. The Morgan fingerprint density at radius 1 is 0.840 bits per heavy atom. The highest BCUT2D eigenvalue weighted by molar-refractivity contribution is 6.09. The molecule has 25 heavy (non-hydrogen) atoms. The van der Waals surface area contributed by atoms with E-state index in [0.717, 1.165) is 21.9 Å². The normalized spacial score (nSPS) is 27.4. The van der Waals surface area contributed by atoms with Crippen LogP contribution in [0.2, 0.25) is 0 Å². The van der Waals surface area contributed by atoms with Gasteiger partial charge >= 0.3 is 0 Å². The van der Waals surface area contributed by atoms with E-state index < -0.39 is 11.2 Å². The van der Waals surface area contributed by atoms with E-state index in [0.29, 0.717) is 0 Å². The zero-order valence-electron chi connectivity index (χ0n) is 13.6. The number of benzene rings is 3. The molecule has 3 aromatic carbocycles. The van der Waals surface area contributed by atoms with Crippen LogP contribution in [0.25, 0.3) is 21.5 Å². The van der Waals surface area contributed by atoms with Gasteiger partial charge in [0.05, 0.1) is 13.2 Å². The van der Waals surface area contributed by atoms with Gasteiger partial charge < -0.3 is 14.9 Å². The molecular weight excluding hydrogens is 312 g/mol. The molecule has 1 aliphatic heterocycles. The third-order valence-corrected chi connectivity index (χ3v) is 5.58. The quantitative estimate of drug-likeness (QED) is 0.571. The van der Waals surface area contributed by atoms with E-state index in [1.807, 2.05) is 42.5 Å². The summed E-state index contributed by atoms with van der Waals surface area (Å²) in [6.07, 6.45) is 5.64. The summed E-state index contributed by atoms with van der Waals surface area (Å²) in [4.78, 5) is 0. The molecule has 124 valence electrons. The molecular formula is C22H18O3. The van der Waals surface area contributed by atoms with E-state index in [1.165, 1.54) is 10.8 Å². The highest BCUT2D eigenvalue weighted by atomic mass is 16.6. The second-order valence-corrected chi connectivity index (χ2v) is 6.73. The Labute approximate surface area is 145 Å². The fraction of sp³-hybridized carbons (Fsp3) is 0.182. The fourth-order valence-corrected chi connectivity index (χ4v) is 4.34. The van der Waals surface area contributed by atoms with Crippen molar-refractivity contribution in [2.45, 2.75) is 11.2 Å². The van der Waals surface area contributed by atoms with Crippen LogP contribution in [-0.4, -0.2) is 29.0 Å². The van der Waals surface area contributed by atoms with Gasteiger partial charge in [-0.05, 0) is 38.8 Å². The molecule has 2 atom stereocenters. The van der Waals surface area contributed by atoms with Crippen molar-refractivity contribution >= 4 is 21.5 Å². The molecule has 0 amide bonds. The van der Waals surface area contributed by atoms with E-state index in [9.17, 15) is 10.2 Å². The summed E-state index contributed by atoms with van der Waals surface area (Å²) >= 11 is 0. The fourth-order valence-electron chi connectivity index (χ4n) is 4.34. The van der Waals surface area contributed by atoms with Gasteiger partial charge in [0.1, 0.15) is 5.60 Å². The smallest absolute Gasteiger partial charge is 0.153 e. The number of hydrogen-bond acceptors (Lipinski definition) is 3. The summed E-state index contributed by atoms with van der Waals surface area (Å²) in [5, 5.41) is 24.5. The monoisotopic (exact) mass is 330 g/mol. The molecule has 1 heterocycles. The number of hydrogen-bond donors (Lipinski definition) is 2. The Bertz CT molecular complexity index is 1070. The van der Waals surface area contributed by atoms with Crippen molar-refractivity contribution in [1.82, 2.24) is 0 Å². The van der Waals surface area contributed by atoms with Crippen LogP contribution in [0.5, 0.6) is 0 Å². The number of epoxide rings is 1. The summed E-state index contributed by atoms with van der Waals surface area (Å²) in [5.74, 6) is 0. The van der Waals surface area contributed by atoms with Gasteiger partial charge in [0, 0.05) is 0 Å². The van der Waals surface area contributed by atoms with Gasteiger partial charge in [0.2, 0.25) is 0 Å². The van der Waals surface area contributed by atoms with E-state index in [4.69, 9.17) is 4.74 Å². The average molecular weight is 330 g/mol. The Kier molecular flexibility index (Phi) is 2.98. The van der Waals surface area contributed by atoms with Gasteiger partial charge in [0.25, 0.3) is 0 Å². The van der Waals surface area contributed by atoms with Crippen molar-refractivity contribution in [1.29, 1.82) is 0 Å². The molecule has 1 saturated heterocycles. The molecule has 0 spiro atoms. The summed E-state index contributed by atoms with van der Waals surface area (Å²) in [5.41, 5.74) is 0.214. The van der Waals surface area contributed by atoms with Gasteiger partial charge in [-0.1, -0.05) is 66.7 Å². The molecule has 2 N–H and O–H groups in total. The van der Waals surface area contributed by atoms with E-state index in [-0.39, 0.29) is 13.2 Å². The van der Waals surface area contributed by atoms with E-state index >= 15 is 0 Å². The van der Waals surface area contributed by atoms with Crippen LogP contribution in [0, 0.1) is 0 Å². The first kappa shape index (κ1) is 14.8. The maximum atomic E-state index is 9.99. The number of aliphatic hydroxyl groups is 2. The molecule has 3 heteroatoms. The molecule has 2 aliphatic rings. The van der Waals surface area contributed by atoms with Gasteiger partial charge in [0.15, 0.2) is 5.60 Å². The Morgan fingerprint density at radius 3 is 2.52 bits per heavy atom. The zero-order valence-corrected chi connectivity index (χ0v) is 13.6. The minimum absolute atomic E-state index is 0.101. The largest absolute Gasteiger partial charge is 0.393 e. The second kappa shape index (κ2) is 5.02. The van der Waals surface area contributed by atoms with Gasteiger partial charge in [-0.15, -0.1) is 0 Å². The van der Waals surface area contributed by atoms with Crippen LogP contribution in [0.1, 0.15) is 5.56 Å². The van der Waals surface area contributed by atoms with Crippen molar-refractivity contribution in [3.8, 4) is 0 Å². The van der Waals surface area contributed by atoms with Gasteiger partial charge in [-0.2, -0.15) is 0 Å². The van der Waals surface area contributed by atoms with Crippen LogP contribution in [0.3, 0.4) is 0 Å². The van der Waals surface area contributed by atoms with Crippen molar-refractivity contribution in [3.63, 3.8) is 0 Å². The first-order valence-corrected chi connectivity index (χ1v) is 8.47. The number of allylic oxidation sites excluding steroid dienone is 2. The summed E-state index contributed by atoms with van der Waals surface area (Å²) in [6.45, 7) is -0.221. The van der Waals surface area contributed by atoms with Crippen LogP contribution in [-0.2, 0) is 10.3 Å². The van der Waals surface area contributed by atoms with E-state index in [2.05, 4.69) is 30.3 Å².